The van der Waals surface area contributed by atoms with E-state index >= 15 is 0 Å². The molecule has 1 fully saturated rings. The Labute approximate surface area is 85.4 Å². The number of nitrogens with one attached hydrogen (secondary N) is 1. The fraction of sp³-hybridized carbons (Fsp3) is 0.800. The molecule has 1 heterocycles. The van der Waals surface area contributed by atoms with Crippen molar-refractivity contribution in [1.29, 1.82) is 0 Å². The summed E-state index contributed by atoms with van der Waals surface area (Å²) >= 11 is 2.07. The fourth-order valence-corrected chi connectivity index (χ4v) is 2.57. The fourth-order valence-electron chi connectivity index (χ4n) is 1.49. The van der Waals surface area contributed by atoms with Crippen molar-refractivity contribution >= 4 is 11.8 Å². The van der Waals surface area contributed by atoms with Crippen molar-refractivity contribution < 1.29 is 0 Å². The highest BCUT2D eigenvalue weighted by Gasteiger charge is 2.15. The van der Waals surface area contributed by atoms with Gasteiger partial charge in [0.25, 0.3) is 0 Å². The van der Waals surface area contributed by atoms with Crippen LogP contribution in [0.3, 0.4) is 0 Å². The van der Waals surface area contributed by atoms with E-state index in [2.05, 4.69) is 34.8 Å². The Morgan fingerprint density at radius 1 is 1.69 bits per heavy atom. The Balaban J connectivity index is 2.04. The van der Waals surface area contributed by atoms with Crippen molar-refractivity contribution in [2.75, 3.05) is 38.5 Å². The van der Waals surface area contributed by atoms with Gasteiger partial charge in [-0.05, 0) is 0 Å². The average molecular weight is 198 g/mol. The molecule has 0 radical (unpaired) electrons. The van der Waals surface area contributed by atoms with E-state index in [0.29, 0.717) is 6.54 Å². The number of nitrogens with zero attached hydrogens (tertiary/aromatic N) is 1. The smallest absolute Gasteiger partial charge is 0.0574 e. The van der Waals surface area contributed by atoms with Crippen LogP contribution in [0.15, 0.2) is 0 Å². The lowest BCUT2D eigenvalue weighted by atomic mass is 10.3. The van der Waals surface area contributed by atoms with E-state index < -0.39 is 0 Å². The number of hydrogen-bond donors (Lipinski definition) is 1. The van der Waals surface area contributed by atoms with Crippen LogP contribution in [0.2, 0.25) is 0 Å². The third-order valence-electron chi connectivity index (χ3n) is 2.16. The summed E-state index contributed by atoms with van der Waals surface area (Å²) in [7, 11) is 0. The second-order valence-electron chi connectivity index (χ2n) is 3.36. The van der Waals surface area contributed by atoms with Gasteiger partial charge in [0.15, 0.2) is 0 Å². The molecule has 74 valence electrons. The molecule has 0 aromatic rings. The Morgan fingerprint density at radius 3 is 3.23 bits per heavy atom. The topological polar surface area (TPSA) is 15.3 Å². The number of hydrogen-bond acceptors (Lipinski definition) is 3. The highest BCUT2D eigenvalue weighted by Crippen LogP contribution is 2.16. The maximum Gasteiger partial charge on any atom is 0.0574 e. The molecule has 0 aliphatic carbocycles. The third kappa shape index (κ3) is 4.56. The molecule has 0 bridgehead atoms. The molecular weight excluding hydrogens is 180 g/mol. The van der Waals surface area contributed by atoms with Gasteiger partial charge in [0.2, 0.25) is 0 Å². The molecule has 1 N–H and O–H groups in total. The zero-order valence-electron chi connectivity index (χ0n) is 8.25. The number of terminal acetylenes is 1. The van der Waals surface area contributed by atoms with Crippen LogP contribution >= 0.6 is 11.8 Å². The second kappa shape index (κ2) is 6.31. The summed E-state index contributed by atoms with van der Waals surface area (Å²) in [5, 5.41) is 4.01. The first-order valence-electron chi connectivity index (χ1n) is 4.81. The predicted octanol–water partition coefficient (Wildman–Crippen LogP) is 0.647. The number of thioether (sulfide) groups is 1. The van der Waals surface area contributed by atoms with Gasteiger partial charge < -0.3 is 10.2 Å². The number of rotatable bonds is 4. The molecule has 2 nitrogen and oxygen atoms in total. The molecule has 1 atom stereocenters. The molecule has 0 aromatic carbocycles. The van der Waals surface area contributed by atoms with Gasteiger partial charge in [-0.2, -0.15) is 11.8 Å². The van der Waals surface area contributed by atoms with Crippen molar-refractivity contribution in [2.45, 2.75) is 12.2 Å². The minimum atomic E-state index is 0.693. The SMILES string of the molecule is C#CCNCCN1CCSC(C)C1. The largest absolute Gasteiger partial charge is 0.305 e. The molecule has 0 saturated carbocycles. The highest BCUT2D eigenvalue weighted by atomic mass is 32.2. The lowest BCUT2D eigenvalue weighted by Crippen LogP contribution is -2.40. The van der Waals surface area contributed by atoms with E-state index in [9.17, 15) is 0 Å². The van der Waals surface area contributed by atoms with Gasteiger partial charge >= 0.3 is 0 Å². The summed E-state index contributed by atoms with van der Waals surface area (Å²) in [4.78, 5) is 2.50. The Kier molecular flexibility index (Phi) is 5.29. The van der Waals surface area contributed by atoms with Crippen LogP contribution in [-0.2, 0) is 0 Å². The summed E-state index contributed by atoms with van der Waals surface area (Å²) in [6.45, 7) is 7.59. The van der Waals surface area contributed by atoms with Gasteiger partial charge in [-0.1, -0.05) is 12.8 Å². The summed E-state index contributed by atoms with van der Waals surface area (Å²) in [5.74, 6) is 3.85. The minimum Gasteiger partial charge on any atom is -0.305 e. The van der Waals surface area contributed by atoms with Gasteiger partial charge in [0, 0.05) is 37.2 Å². The molecular formula is C10H18N2S. The van der Waals surface area contributed by atoms with Gasteiger partial charge in [0.1, 0.15) is 0 Å². The molecule has 1 rings (SSSR count). The van der Waals surface area contributed by atoms with Crippen LogP contribution in [-0.4, -0.2) is 48.6 Å². The molecule has 1 aliphatic rings. The van der Waals surface area contributed by atoms with Crippen molar-refractivity contribution in [2.24, 2.45) is 0 Å². The van der Waals surface area contributed by atoms with Gasteiger partial charge in [0.05, 0.1) is 6.54 Å². The van der Waals surface area contributed by atoms with Crippen molar-refractivity contribution in [3.63, 3.8) is 0 Å². The molecule has 0 spiro atoms. The first kappa shape index (κ1) is 10.9. The highest BCUT2D eigenvalue weighted by molar-refractivity contribution is 7.99. The van der Waals surface area contributed by atoms with Gasteiger partial charge in [-0.3, -0.25) is 0 Å². The zero-order valence-corrected chi connectivity index (χ0v) is 9.07. The Hall–Kier alpha value is -0.170. The zero-order chi connectivity index (χ0) is 9.52. The van der Waals surface area contributed by atoms with E-state index in [1.807, 2.05) is 0 Å². The standard InChI is InChI=1S/C10H18N2S/c1-3-4-11-5-6-12-7-8-13-10(2)9-12/h1,10-11H,4-9H2,2H3. The van der Waals surface area contributed by atoms with Crippen LogP contribution in [0.1, 0.15) is 6.92 Å². The van der Waals surface area contributed by atoms with E-state index in [4.69, 9.17) is 6.42 Å². The average Bonchev–Trinajstić information content (AvgIpc) is 2.13. The monoisotopic (exact) mass is 198 g/mol. The lowest BCUT2D eigenvalue weighted by Gasteiger charge is -2.30. The van der Waals surface area contributed by atoms with Crippen LogP contribution in [0, 0.1) is 12.3 Å². The third-order valence-corrected chi connectivity index (χ3v) is 3.29. The van der Waals surface area contributed by atoms with E-state index in [-0.39, 0.29) is 0 Å². The summed E-state index contributed by atoms with van der Waals surface area (Å²) in [6, 6.07) is 0. The molecule has 13 heavy (non-hydrogen) atoms. The maximum absolute atomic E-state index is 5.14. The van der Waals surface area contributed by atoms with Crippen LogP contribution < -0.4 is 5.32 Å². The Morgan fingerprint density at radius 2 is 2.54 bits per heavy atom. The van der Waals surface area contributed by atoms with E-state index in [0.717, 1.165) is 18.3 Å². The molecule has 0 amide bonds. The minimum absolute atomic E-state index is 0.693. The first-order valence-corrected chi connectivity index (χ1v) is 5.86. The Bertz CT molecular complexity index is 176. The summed E-state index contributed by atoms with van der Waals surface area (Å²) in [6.07, 6.45) is 5.14. The molecule has 0 aromatic heterocycles. The molecule has 1 saturated heterocycles. The van der Waals surface area contributed by atoms with Crippen LogP contribution in [0.25, 0.3) is 0 Å². The summed E-state index contributed by atoms with van der Waals surface area (Å²) < 4.78 is 0. The van der Waals surface area contributed by atoms with Crippen LogP contribution in [0.5, 0.6) is 0 Å². The van der Waals surface area contributed by atoms with Gasteiger partial charge in [-0.25, -0.2) is 0 Å². The van der Waals surface area contributed by atoms with E-state index in [1.165, 1.54) is 18.8 Å². The quantitative estimate of drug-likeness (QED) is 0.527. The summed E-state index contributed by atoms with van der Waals surface area (Å²) in [5.41, 5.74) is 0. The second-order valence-corrected chi connectivity index (χ2v) is 4.91. The lowest BCUT2D eigenvalue weighted by molar-refractivity contribution is 0.287. The van der Waals surface area contributed by atoms with Crippen LogP contribution in [0.4, 0.5) is 0 Å². The van der Waals surface area contributed by atoms with Crippen molar-refractivity contribution in [3.8, 4) is 12.3 Å². The molecule has 3 heteroatoms. The predicted molar refractivity (Wildman–Crippen MR) is 60.1 cm³/mol. The normalized spacial score (nSPS) is 24.2. The molecule has 1 unspecified atom stereocenters. The van der Waals surface area contributed by atoms with Crippen molar-refractivity contribution in [3.05, 3.63) is 0 Å². The maximum atomic E-state index is 5.14. The molecule has 1 aliphatic heterocycles. The van der Waals surface area contributed by atoms with Gasteiger partial charge in [-0.15, -0.1) is 6.42 Å². The van der Waals surface area contributed by atoms with Crippen molar-refractivity contribution in [1.82, 2.24) is 10.2 Å². The first-order chi connectivity index (χ1) is 6.33. The van der Waals surface area contributed by atoms with E-state index in [1.54, 1.807) is 0 Å².